The molecule has 1 aromatic heterocycles. The lowest BCUT2D eigenvalue weighted by atomic mass is 10.2. The van der Waals surface area contributed by atoms with E-state index in [9.17, 15) is 10.1 Å². The zero-order chi connectivity index (χ0) is 14.7. The van der Waals surface area contributed by atoms with Gasteiger partial charge in [-0.15, -0.1) is 0 Å². The molecule has 2 N–H and O–H groups in total. The Hall–Kier alpha value is -2.41. The van der Waals surface area contributed by atoms with E-state index in [-0.39, 0.29) is 17.5 Å². The number of hydrogen-bond donors (Lipinski definition) is 2. The maximum atomic E-state index is 11.0. The van der Waals surface area contributed by atoms with Crippen LogP contribution in [0.5, 0.6) is 0 Å². The highest BCUT2D eigenvalue weighted by Gasteiger charge is 2.18. The summed E-state index contributed by atoms with van der Waals surface area (Å²) >= 11 is 6.02. The van der Waals surface area contributed by atoms with Crippen LogP contribution in [0.2, 0.25) is 5.02 Å². The van der Waals surface area contributed by atoms with Crippen LogP contribution in [0.15, 0.2) is 24.4 Å². The molecule has 0 aliphatic carbocycles. The topological polar surface area (TPSA) is 93.0 Å². The Kier molecular flexibility index (Phi) is 3.99. The summed E-state index contributed by atoms with van der Waals surface area (Å²) in [5.74, 6) is 0.400. The van der Waals surface area contributed by atoms with Crippen molar-refractivity contribution in [3.63, 3.8) is 0 Å². The third kappa shape index (κ3) is 2.77. The van der Waals surface area contributed by atoms with Crippen molar-refractivity contribution in [1.29, 1.82) is 0 Å². The van der Waals surface area contributed by atoms with E-state index < -0.39 is 4.92 Å². The lowest BCUT2D eigenvalue weighted by Crippen LogP contribution is -2.05. The minimum atomic E-state index is -0.540. The van der Waals surface area contributed by atoms with Crippen molar-refractivity contribution in [2.24, 2.45) is 0 Å². The second-order valence-corrected chi connectivity index (χ2v) is 4.38. The fourth-order valence-corrected chi connectivity index (χ4v) is 1.77. The Bertz CT molecular complexity index is 662. The predicted molar refractivity (Wildman–Crippen MR) is 77.7 cm³/mol. The fourth-order valence-electron chi connectivity index (χ4n) is 1.59. The Labute approximate surface area is 120 Å². The predicted octanol–water partition coefficient (Wildman–Crippen LogP) is 3.13. The second-order valence-electron chi connectivity index (χ2n) is 3.97. The molecule has 0 amide bonds. The van der Waals surface area contributed by atoms with Gasteiger partial charge in [0.15, 0.2) is 0 Å². The average molecular weight is 294 g/mol. The smallest absolute Gasteiger partial charge is 0.329 e. The normalized spacial score (nSPS) is 10.2. The van der Waals surface area contributed by atoms with Gasteiger partial charge in [-0.05, 0) is 24.6 Å². The number of hydrogen-bond acceptors (Lipinski definition) is 6. The van der Waals surface area contributed by atoms with Gasteiger partial charge in [0.25, 0.3) is 0 Å². The third-order valence-corrected chi connectivity index (χ3v) is 3.12. The van der Waals surface area contributed by atoms with Gasteiger partial charge >= 0.3 is 5.69 Å². The van der Waals surface area contributed by atoms with E-state index in [1.807, 2.05) is 6.92 Å². The van der Waals surface area contributed by atoms with Crippen molar-refractivity contribution in [2.45, 2.75) is 6.92 Å². The Morgan fingerprint density at radius 2 is 2.15 bits per heavy atom. The van der Waals surface area contributed by atoms with Crippen LogP contribution >= 0.6 is 11.6 Å². The molecule has 20 heavy (non-hydrogen) atoms. The molecule has 104 valence electrons. The number of aromatic nitrogens is 2. The zero-order valence-corrected chi connectivity index (χ0v) is 11.6. The van der Waals surface area contributed by atoms with E-state index in [2.05, 4.69) is 20.6 Å². The number of nitrogens with zero attached hydrogens (tertiary/aromatic N) is 3. The summed E-state index contributed by atoms with van der Waals surface area (Å²) in [7, 11) is 1.63. The van der Waals surface area contributed by atoms with Gasteiger partial charge in [-0.2, -0.15) is 4.98 Å². The minimum absolute atomic E-state index is 0.111. The van der Waals surface area contributed by atoms with Crippen LogP contribution in [0.1, 0.15) is 5.56 Å². The Balaban J connectivity index is 2.46. The third-order valence-electron chi connectivity index (χ3n) is 2.71. The number of anilines is 3. The molecule has 0 unspecified atom stereocenters. The molecule has 8 heteroatoms. The molecule has 2 rings (SSSR count). The average Bonchev–Trinajstić information content (AvgIpc) is 2.43. The summed E-state index contributed by atoms with van der Waals surface area (Å²) in [5, 5.41) is 17.2. The molecule has 0 aliphatic heterocycles. The first-order chi connectivity index (χ1) is 9.52. The maximum Gasteiger partial charge on any atom is 0.329 e. The SMILES string of the molecule is CNc1ncc([N+](=O)[O-])c(Nc2cccc(Cl)c2C)n1. The monoisotopic (exact) mass is 293 g/mol. The zero-order valence-electron chi connectivity index (χ0n) is 10.8. The molecule has 0 bridgehead atoms. The van der Waals surface area contributed by atoms with Gasteiger partial charge in [0, 0.05) is 17.8 Å². The van der Waals surface area contributed by atoms with Gasteiger partial charge in [0.05, 0.1) is 4.92 Å². The first-order valence-electron chi connectivity index (χ1n) is 5.74. The minimum Gasteiger partial charge on any atom is -0.357 e. The number of benzene rings is 1. The number of nitro groups is 1. The van der Waals surface area contributed by atoms with E-state index in [1.165, 1.54) is 0 Å². The fraction of sp³-hybridized carbons (Fsp3) is 0.167. The van der Waals surface area contributed by atoms with Crippen molar-refractivity contribution < 1.29 is 4.92 Å². The molecule has 0 spiro atoms. The number of nitrogens with one attached hydrogen (secondary N) is 2. The molecule has 0 saturated carbocycles. The van der Waals surface area contributed by atoms with Crippen LogP contribution in [0, 0.1) is 17.0 Å². The second kappa shape index (κ2) is 5.70. The summed E-state index contributed by atoms with van der Waals surface area (Å²) in [5.41, 5.74) is 1.23. The lowest BCUT2D eigenvalue weighted by Gasteiger charge is -2.10. The van der Waals surface area contributed by atoms with Gasteiger partial charge in [0.1, 0.15) is 6.20 Å². The Morgan fingerprint density at radius 3 is 2.80 bits per heavy atom. The highest BCUT2D eigenvalue weighted by molar-refractivity contribution is 6.31. The molecule has 7 nitrogen and oxygen atoms in total. The van der Waals surface area contributed by atoms with Crippen LogP contribution < -0.4 is 10.6 Å². The van der Waals surface area contributed by atoms with Gasteiger partial charge < -0.3 is 10.6 Å². The largest absolute Gasteiger partial charge is 0.357 e. The Morgan fingerprint density at radius 1 is 1.40 bits per heavy atom. The van der Waals surface area contributed by atoms with E-state index in [4.69, 9.17) is 11.6 Å². The van der Waals surface area contributed by atoms with Crippen molar-refractivity contribution >= 4 is 34.7 Å². The number of halogens is 1. The van der Waals surface area contributed by atoms with Crippen LogP contribution in [0.3, 0.4) is 0 Å². The van der Waals surface area contributed by atoms with Crippen LogP contribution in [0.25, 0.3) is 0 Å². The molecule has 1 aromatic carbocycles. The summed E-state index contributed by atoms with van der Waals surface area (Å²) in [6.45, 7) is 1.82. The molecule has 0 aliphatic rings. The standard InChI is InChI=1S/C12H12ClN5O2/c1-7-8(13)4-3-5-9(7)16-11-10(18(19)20)6-15-12(14-2)17-11/h3-6H,1-2H3,(H2,14,15,16,17). The molecular weight excluding hydrogens is 282 g/mol. The van der Waals surface area contributed by atoms with Gasteiger partial charge in [0.2, 0.25) is 11.8 Å². The highest BCUT2D eigenvalue weighted by Crippen LogP contribution is 2.29. The molecule has 0 fully saturated rings. The molecular formula is C12H12ClN5O2. The van der Waals surface area contributed by atoms with Crippen molar-refractivity contribution in [2.75, 3.05) is 17.7 Å². The van der Waals surface area contributed by atoms with Crippen LogP contribution in [0.4, 0.5) is 23.1 Å². The molecule has 1 heterocycles. The molecule has 0 atom stereocenters. The summed E-state index contributed by atoms with van der Waals surface area (Å²) in [4.78, 5) is 18.4. The van der Waals surface area contributed by atoms with Gasteiger partial charge in [-0.1, -0.05) is 17.7 Å². The van der Waals surface area contributed by atoms with E-state index in [0.29, 0.717) is 10.7 Å². The first-order valence-corrected chi connectivity index (χ1v) is 6.12. The molecule has 0 saturated heterocycles. The molecule has 2 aromatic rings. The van der Waals surface area contributed by atoms with E-state index in [1.54, 1.807) is 25.2 Å². The summed E-state index contributed by atoms with van der Waals surface area (Å²) < 4.78 is 0. The van der Waals surface area contributed by atoms with Crippen molar-refractivity contribution in [3.05, 3.63) is 45.1 Å². The summed E-state index contributed by atoms with van der Waals surface area (Å²) in [6, 6.07) is 5.27. The maximum absolute atomic E-state index is 11.0. The quantitative estimate of drug-likeness (QED) is 0.664. The van der Waals surface area contributed by atoms with Crippen LogP contribution in [-0.2, 0) is 0 Å². The van der Waals surface area contributed by atoms with Gasteiger partial charge in [-0.3, -0.25) is 10.1 Å². The van der Waals surface area contributed by atoms with Crippen molar-refractivity contribution in [3.8, 4) is 0 Å². The van der Waals surface area contributed by atoms with E-state index >= 15 is 0 Å². The van der Waals surface area contributed by atoms with Gasteiger partial charge in [-0.25, -0.2) is 4.98 Å². The van der Waals surface area contributed by atoms with E-state index in [0.717, 1.165) is 11.8 Å². The molecule has 0 radical (unpaired) electrons. The lowest BCUT2D eigenvalue weighted by molar-refractivity contribution is -0.384. The van der Waals surface area contributed by atoms with Crippen molar-refractivity contribution in [1.82, 2.24) is 9.97 Å². The first kappa shape index (κ1) is 14.0. The summed E-state index contributed by atoms with van der Waals surface area (Å²) in [6.07, 6.45) is 1.15. The van der Waals surface area contributed by atoms with Crippen LogP contribution in [-0.4, -0.2) is 21.9 Å². The highest BCUT2D eigenvalue weighted by atomic mass is 35.5. The number of rotatable bonds is 4.